The molecule has 0 heterocycles. The molecule has 0 saturated carbocycles. The van der Waals surface area contributed by atoms with Crippen LogP contribution < -0.4 is 0 Å². The number of ether oxygens (including phenoxy) is 3. The number of hydrogen-bond donors (Lipinski definition) is 0. The molecular weight excluding hydrogens is 901 g/mol. The van der Waals surface area contributed by atoms with Crippen molar-refractivity contribution in [3.8, 4) is 0 Å². The van der Waals surface area contributed by atoms with Crippen LogP contribution in [0.4, 0.5) is 0 Å². The van der Waals surface area contributed by atoms with Gasteiger partial charge < -0.3 is 14.2 Å². The number of esters is 3. The molecule has 0 aliphatic rings. The smallest absolute Gasteiger partial charge is 0.306 e. The third kappa shape index (κ3) is 58.8. The van der Waals surface area contributed by atoms with Crippen molar-refractivity contribution in [1.82, 2.24) is 0 Å². The molecule has 0 saturated heterocycles. The van der Waals surface area contributed by atoms with E-state index in [1.165, 1.54) is 128 Å². The first-order valence-corrected chi connectivity index (χ1v) is 30.4. The summed E-state index contributed by atoms with van der Waals surface area (Å²) in [6.45, 7) is 6.46. The monoisotopic (exact) mass is 1010 g/mol. The van der Waals surface area contributed by atoms with Gasteiger partial charge in [0.15, 0.2) is 6.10 Å². The fourth-order valence-corrected chi connectivity index (χ4v) is 8.19. The summed E-state index contributed by atoms with van der Waals surface area (Å²) < 4.78 is 16.8. The lowest BCUT2D eigenvalue weighted by Gasteiger charge is -2.18. The minimum absolute atomic E-state index is 0.108. The van der Waals surface area contributed by atoms with Gasteiger partial charge in [0.05, 0.1) is 0 Å². The van der Waals surface area contributed by atoms with Crippen LogP contribution in [0.15, 0.2) is 109 Å². The molecule has 0 bridgehead atoms. The van der Waals surface area contributed by atoms with Crippen LogP contribution in [-0.2, 0) is 28.6 Å². The van der Waals surface area contributed by atoms with E-state index in [0.717, 1.165) is 103 Å². The van der Waals surface area contributed by atoms with Gasteiger partial charge in [0, 0.05) is 19.3 Å². The summed E-state index contributed by atoms with van der Waals surface area (Å²) in [4.78, 5) is 38.2. The van der Waals surface area contributed by atoms with E-state index in [4.69, 9.17) is 14.2 Å². The predicted molar refractivity (Wildman–Crippen MR) is 316 cm³/mol. The van der Waals surface area contributed by atoms with E-state index in [2.05, 4.69) is 130 Å². The van der Waals surface area contributed by atoms with Gasteiger partial charge in [0.25, 0.3) is 0 Å². The van der Waals surface area contributed by atoms with Crippen molar-refractivity contribution < 1.29 is 28.6 Å². The second-order valence-electron chi connectivity index (χ2n) is 19.9. The molecule has 416 valence electrons. The molecule has 0 radical (unpaired) electrons. The zero-order valence-electron chi connectivity index (χ0n) is 47.6. The SMILES string of the molecule is CC/C=C\C/C=C\C/C=C\C/C=C\C/C=C\CCCC(=O)OC(COC(=O)CCCCCCCC/C=C\C/C=C\C/C=C\CCCCCCC)COC(=O)CCCCCCCCC/C=C\CCCCCCCC. The maximum absolute atomic E-state index is 12.9. The molecule has 0 spiro atoms. The third-order valence-electron chi connectivity index (χ3n) is 12.7. The zero-order chi connectivity index (χ0) is 52.9. The quantitative estimate of drug-likeness (QED) is 0.0261. The van der Waals surface area contributed by atoms with E-state index in [1.807, 2.05) is 0 Å². The summed E-state index contributed by atoms with van der Waals surface area (Å²) in [7, 11) is 0. The van der Waals surface area contributed by atoms with E-state index in [9.17, 15) is 14.4 Å². The topological polar surface area (TPSA) is 78.9 Å². The Balaban J connectivity index is 4.49. The van der Waals surface area contributed by atoms with Crippen LogP contribution in [-0.4, -0.2) is 37.2 Å². The van der Waals surface area contributed by atoms with Crippen molar-refractivity contribution in [3.05, 3.63) is 109 Å². The van der Waals surface area contributed by atoms with E-state index in [0.29, 0.717) is 19.3 Å². The Labute approximate surface area is 450 Å². The molecule has 0 aliphatic carbocycles. The Bertz CT molecular complexity index is 1490. The molecule has 0 rings (SSSR count). The van der Waals surface area contributed by atoms with Crippen LogP contribution in [0.5, 0.6) is 0 Å². The minimum atomic E-state index is -0.818. The first-order valence-electron chi connectivity index (χ1n) is 30.4. The summed E-state index contributed by atoms with van der Waals surface area (Å²) in [6, 6.07) is 0. The molecule has 1 unspecified atom stereocenters. The van der Waals surface area contributed by atoms with Crippen LogP contribution in [0.1, 0.15) is 278 Å². The number of rotatable bonds is 54. The van der Waals surface area contributed by atoms with Gasteiger partial charge in [-0.15, -0.1) is 0 Å². The van der Waals surface area contributed by atoms with Crippen molar-refractivity contribution in [1.29, 1.82) is 0 Å². The van der Waals surface area contributed by atoms with Crippen molar-refractivity contribution in [2.45, 2.75) is 284 Å². The molecule has 0 aromatic heterocycles. The summed E-state index contributed by atoms with van der Waals surface area (Å²) in [6.07, 6.45) is 82.3. The van der Waals surface area contributed by atoms with Crippen molar-refractivity contribution >= 4 is 17.9 Å². The van der Waals surface area contributed by atoms with Gasteiger partial charge in [-0.05, 0) is 122 Å². The van der Waals surface area contributed by atoms with Gasteiger partial charge >= 0.3 is 17.9 Å². The summed E-state index contributed by atoms with van der Waals surface area (Å²) >= 11 is 0. The molecule has 0 N–H and O–H groups in total. The Morgan fingerprint density at radius 1 is 0.288 bits per heavy atom. The van der Waals surface area contributed by atoms with Crippen LogP contribution in [0.2, 0.25) is 0 Å². The highest BCUT2D eigenvalue weighted by Gasteiger charge is 2.19. The fourth-order valence-electron chi connectivity index (χ4n) is 8.19. The molecule has 73 heavy (non-hydrogen) atoms. The summed E-state index contributed by atoms with van der Waals surface area (Å²) in [5.74, 6) is -0.981. The highest BCUT2D eigenvalue weighted by molar-refractivity contribution is 5.71. The molecule has 0 amide bonds. The number of unbranched alkanes of at least 4 members (excludes halogenated alkanes) is 25. The summed E-state index contributed by atoms with van der Waals surface area (Å²) in [5.41, 5.74) is 0. The predicted octanol–water partition coefficient (Wildman–Crippen LogP) is 20.7. The number of carbonyl (C=O) groups is 3. The highest BCUT2D eigenvalue weighted by atomic mass is 16.6. The van der Waals surface area contributed by atoms with Crippen molar-refractivity contribution in [3.63, 3.8) is 0 Å². The van der Waals surface area contributed by atoms with Gasteiger partial charge in [-0.25, -0.2) is 0 Å². The summed E-state index contributed by atoms with van der Waals surface area (Å²) in [5, 5.41) is 0. The maximum Gasteiger partial charge on any atom is 0.306 e. The molecule has 6 heteroatoms. The Morgan fingerprint density at radius 2 is 0.548 bits per heavy atom. The van der Waals surface area contributed by atoms with Crippen LogP contribution in [0, 0.1) is 0 Å². The van der Waals surface area contributed by atoms with Crippen LogP contribution in [0.25, 0.3) is 0 Å². The first-order chi connectivity index (χ1) is 36.0. The zero-order valence-corrected chi connectivity index (χ0v) is 47.6. The molecule has 0 aromatic carbocycles. The maximum atomic E-state index is 12.9. The first kappa shape index (κ1) is 69.1. The van der Waals surface area contributed by atoms with Gasteiger partial charge in [-0.2, -0.15) is 0 Å². The lowest BCUT2D eigenvalue weighted by Crippen LogP contribution is -2.30. The lowest BCUT2D eigenvalue weighted by atomic mass is 10.1. The highest BCUT2D eigenvalue weighted by Crippen LogP contribution is 2.14. The largest absolute Gasteiger partial charge is 0.462 e. The molecule has 0 aliphatic heterocycles. The molecule has 0 fully saturated rings. The van der Waals surface area contributed by atoms with E-state index in [1.54, 1.807) is 0 Å². The van der Waals surface area contributed by atoms with E-state index >= 15 is 0 Å². The molecule has 0 aromatic rings. The van der Waals surface area contributed by atoms with Gasteiger partial charge in [0.1, 0.15) is 13.2 Å². The molecular formula is C67H112O6. The molecule has 6 nitrogen and oxygen atoms in total. The standard InChI is InChI=1S/C67H112O6/c1-4-7-10-13-16-19-22-25-28-31-32-33-34-37-39-42-45-48-51-54-57-60-66(69)72-63-64(73-67(70)61-58-55-52-49-46-43-40-36-30-27-24-21-18-15-12-9-6-3)62-71-65(68)59-56-53-50-47-44-41-38-35-29-26-23-20-17-14-11-8-5-2/h9,12,18,21-22,25-27,29-32,34,37,40,43,49,52,64H,4-8,10-11,13-17,19-20,23-24,28,33,35-36,38-39,41-42,44-48,50-51,53-63H2,1-3H3/b12-9-,21-18-,25-22-,29-26-,30-27-,32-31-,37-34-,43-40-,52-49-. The fraction of sp³-hybridized carbons (Fsp3) is 0.687. The van der Waals surface area contributed by atoms with E-state index < -0.39 is 6.10 Å². The number of carbonyl (C=O) groups excluding carboxylic acids is 3. The van der Waals surface area contributed by atoms with Gasteiger partial charge in [-0.3, -0.25) is 14.4 Å². The number of allylic oxidation sites excluding steroid dienone is 18. The normalized spacial score (nSPS) is 12.9. The second kappa shape index (κ2) is 60.6. The minimum Gasteiger partial charge on any atom is -0.462 e. The Morgan fingerprint density at radius 3 is 0.890 bits per heavy atom. The lowest BCUT2D eigenvalue weighted by molar-refractivity contribution is -0.167. The average molecular weight is 1010 g/mol. The Hall–Kier alpha value is -3.93. The van der Waals surface area contributed by atoms with Gasteiger partial charge in [0.2, 0.25) is 0 Å². The van der Waals surface area contributed by atoms with Crippen LogP contribution >= 0.6 is 0 Å². The second-order valence-corrected chi connectivity index (χ2v) is 19.9. The van der Waals surface area contributed by atoms with E-state index in [-0.39, 0.29) is 37.5 Å². The molecule has 1 atom stereocenters. The van der Waals surface area contributed by atoms with Crippen molar-refractivity contribution in [2.24, 2.45) is 0 Å². The van der Waals surface area contributed by atoms with Crippen molar-refractivity contribution in [2.75, 3.05) is 13.2 Å². The average Bonchev–Trinajstić information content (AvgIpc) is 3.39. The van der Waals surface area contributed by atoms with Crippen LogP contribution in [0.3, 0.4) is 0 Å². The third-order valence-corrected chi connectivity index (χ3v) is 12.7. The Kier molecular flexibility index (Phi) is 57.4. The number of hydrogen-bond acceptors (Lipinski definition) is 6. The van der Waals surface area contributed by atoms with Gasteiger partial charge in [-0.1, -0.05) is 246 Å².